The van der Waals surface area contributed by atoms with Crippen LogP contribution in [0.1, 0.15) is 17.7 Å². The van der Waals surface area contributed by atoms with E-state index in [-0.39, 0.29) is 12.8 Å². The number of aliphatic hydroxyl groups excluding tert-OH is 1. The third kappa shape index (κ3) is 8.81. The highest BCUT2D eigenvalue weighted by Crippen LogP contribution is 2.05. The first kappa shape index (κ1) is 27.9. The van der Waals surface area contributed by atoms with Gasteiger partial charge in [0.05, 0.1) is 25.4 Å². The van der Waals surface area contributed by atoms with E-state index in [1.165, 1.54) is 12.5 Å². The summed E-state index contributed by atoms with van der Waals surface area (Å²) in [4.78, 5) is 66.8. The van der Waals surface area contributed by atoms with Gasteiger partial charge in [0.1, 0.15) is 18.1 Å². The average molecular weight is 505 g/mol. The monoisotopic (exact) mass is 504 g/mol. The molecule has 0 saturated heterocycles. The lowest BCUT2D eigenvalue weighted by molar-refractivity contribution is -0.147. The number of aromatic amines is 1. The van der Waals surface area contributed by atoms with Gasteiger partial charge in [0.2, 0.25) is 17.7 Å². The van der Waals surface area contributed by atoms with E-state index in [4.69, 9.17) is 15.9 Å². The normalized spacial score (nSPS) is 14.1. The topological polar surface area (TPSA) is 237 Å². The molecule has 14 nitrogen and oxygen atoms in total. The predicted octanol–water partition coefficient (Wildman–Crippen LogP) is -2.47. The molecule has 4 unspecified atom stereocenters. The zero-order valence-electron chi connectivity index (χ0n) is 19.1. The third-order valence-corrected chi connectivity index (χ3v) is 5.06. The minimum Gasteiger partial charge on any atom is -0.481 e. The number of carbonyl (C=O) groups is 5. The number of rotatable bonds is 14. The molecule has 1 aromatic heterocycles. The molecule has 1 aromatic carbocycles. The lowest BCUT2D eigenvalue weighted by atomic mass is 10.0. The van der Waals surface area contributed by atoms with E-state index >= 15 is 0 Å². The van der Waals surface area contributed by atoms with E-state index in [2.05, 4.69) is 20.6 Å². The standard InChI is InChI=1S/C22H28N6O8/c23-14(6-12-4-2-1-3-5-12)19(32)26-15(7-13-9-24-11-25-13)20(33)28-17(10-29)21(34)27-16(22(35)36)8-18(30)31/h1-5,9,11,14-17,29H,6-8,10,23H2,(H,24,25)(H,26,32)(H,27,34)(H,28,33)(H,30,31)(H,35,36). The van der Waals surface area contributed by atoms with Crippen molar-refractivity contribution in [2.45, 2.75) is 43.4 Å². The largest absolute Gasteiger partial charge is 0.481 e. The lowest BCUT2D eigenvalue weighted by Gasteiger charge is -2.24. The van der Waals surface area contributed by atoms with Crippen molar-refractivity contribution in [1.82, 2.24) is 25.9 Å². The van der Waals surface area contributed by atoms with Crippen molar-refractivity contribution >= 4 is 29.7 Å². The minimum atomic E-state index is -1.78. The summed E-state index contributed by atoms with van der Waals surface area (Å²) in [5.74, 6) is -5.71. The molecule has 3 amide bonds. The number of hydrogen-bond acceptors (Lipinski definition) is 8. The molecule has 0 bridgehead atoms. The van der Waals surface area contributed by atoms with Crippen molar-refractivity contribution in [3.8, 4) is 0 Å². The molecule has 2 aromatic rings. The maximum Gasteiger partial charge on any atom is 0.326 e. The number of aliphatic hydroxyl groups is 1. The molecule has 0 fully saturated rings. The number of benzene rings is 1. The van der Waals surface area contributed by atoms with Crippen LogP contribution in [0.15, 0.2) is 42.9 Å². The zero-order valence-corrected chi connectivity index (χ0v) is 19.1. The van der Waals surface area contributed by atoms with Gasteiger partial charge in [0.25, 0.3) is 0 Å². The fraction of sp³-hybridized carbons (Fsp3) is 0.364. The van der Waals surface area contributed by atoms with Crippen molar-refractivity contribution in [3.63, 3.8) is 0 Å². The Bertz CT molecular complexity index is 1050. The quantitative estimate of drug-likeness (QED) is 0.135. The molecule has 0 aliphatic rings. The summed E-state index contributed by atoms with van der Waals surface area (Å²) in [6, 6.07) is 3.35. The summed E-state index contributed by atoms with van der Waals surface area (Å²) in [6.45, 7) is -0.921. The Balaban J connectivity index is 2.10. The van der Waals surface area contributed by atoms with E-state index in [0.717, 1.165) is 5.56 Å². The van der Waals surface area contributed by atoms with Gasteiger partial charge in [0, 0.05) is 18.3 Å². The molecule has 9 N–H and O–H groups in total. The van der Waals surface area contributed by atoms with Crippen LogP contribution < -0.4 is 21.7 Å². The maximum absolute atomic E-state index is 13.0. The molecule has 2 rings (SSSR count). The Hall–Kier alpha value is -4.30. The molecule has 0 spiro atoms. The number of carboxylic acid groups (broad SMARTS) is 2. The van der Waals surface area contributed by atoms with Gasteiger partial charge in [-0.2, -0.15) is 0 Å². The summed E-state index contributed by atoms with van der Waals surface area (Å²) in [5.41, 5.74) is 7.28. The Morgan fingerprint density at radius 1 is 0.889 bits per heavy atom. The van der Waals surface area contributed by atoms with E-state index in [0.29, 0.717) is 5.69 Å². The van der Waals surface area contributed by atoms with Gasteiger partial charge < -0.3 is 42.0 Å². The summed E-state index contributed by atoms with van der Waals surface area (Å²) in [7, 11) is 0. The second kappa shape index (κ2) is 13.6. The van der Waals surface area contributed by atoms with E-state index in [1.807, 2.05) is 11.4 Å². The molecule has 0 aliphatic heterocycles. The van der Waals surface area contributed by atoms with Crippen molar-refractivity contribution in [1.29, 1.82) is 0 Å². The number of carboxylic acids is 2. The van der Waals surface area contributed by atoms with Gasteiger partial charge in [-0.1, -0.05) is 30.3 Å². The van der Waals surface area contributed by atoms with E-state index in [9.17, 15) is 29.1 Å². The maximum atomic E-state index is 13.0. The summed E-state index contributed by atoms with van der Waals surface area (Å²) < 4.78 is 0. The van der Waals surface area contributed by atoms with Gasteiger partial charge in [-0.05, 0) is 12.0 Å². The number of nitrogens with two attached hydrogens (primary N) is 1. The average Bonchev–Trinajstić information content (AvgIpc) is 3.34. The highest BCUT2D eigenvalue weighted by molar-refractivity contribution is 5.94. The number of amides is 3. The van der Waals surface area contributed by atoms with Gasteiger partial charge in [-0.3, -0.25) is 19.2 Å². The summed E-state index contributed by atoms with van der Waals surface area (Å²) >= 11 is 0. The fourth-order valence-corrected chi connectivity index (χ4v) is 3.18. The summed E-state index contributed by atoms with van der Waals surface area (Å²) in [5, 5.41) is 34.2. The number of nitrogens with one attached hydrogen (secondary N) is 4. The van der Waals surface area contributed by atoms with Gasteiger partial charge in [0.15, 0.2) is 0 Å². The van der Waals surface area contributed by atoms with Crippen molar-refractivity contribution in [2.24, 2.45) is 5.73 Å². The number of carbonyl (C=O) groups excluding carboxylic acids is 3. The van der Waals surface area contributed by atoms with Gasteiger partial charge >= 0.3 is 11.9 Å². The number of aromatic nitrogens is 2. The van der Waals surface area contributed by atoms with Crippen molar-refractivity contribution < 1.29 is 39.3 Å². The smallest absolute Gasteiger partial charge is 0.326 e. The van der Waals surface area contributed by atoms with Crippen LogP contribution in [-0.4, -0.2) is 85.7 Å². The van der Waals surface area contributed by atoms with Crippen LogP contribution in [-0.2, 0) is 36.8 Å². The van der Waals surface area contributed by atoms with Crippen LogP contribution in [0.25, 0.3) is 0 Å². The Kier molecular flexibility index (Phi) is 10.5. The number of H-pyrrole nitrogens is 1. The number of imidazole rings is 1. The van der Waals surface area contributed by atoms with Crippen LogP contribution in [0.4, 0.5) is 0 Å². The van der Waals surface area contributed by atoms with Gasteiger partial charge in [-0.15, -0.1) is 0 Å². The number of nitrogens with zero attached hydrogens (tertiary/aromatic N) is 1. The molecule has 0 radical (unpaired) electrons. The second-order valence-corrected chi connectivity index (χ2v) is 7.88. The predicted molar refractivity (Wildman–Crippen MR) is 123 cm³/mol. The molecule has 36 heavy (non-hydrogen) atoms. The Morgan fingerprint density at radius 3 is 2.06 bits per heavy atom. The van der Waals surface area contributed by atoms with Crippen LogP contribution in [0.2, 0.25) is 0 Å². The third-order valence-electron chi connectivity index (χ3n) is 5.06. The molecule has 194 valence electrons. The van der Waals surface area contributed by atoms with Crippen molar-refractivity contribution in [2.75, 3.05) is 6.61 Å². The van der Waals surface area contributed by atoms with Crippen LogP contribution in [0.3, 0.4) is 0 Å². The number of hydrogen-bond donors (Lipinski definition) is 8. The minimum absolute atomic E-state index is 0.0633. The first-order chi connectivity index (χ1) is 17.1. The molecule has 0 aliphatic carbocycles. The van der Waals surface area contributed by atoms with Crippen LogP contribution in [0, 0.1) is 0 Å². The number of aliphatic carboxylic acids is 2. The summed E-state index contributed by atoms with van der Waals surface area (Å²) in [6.07, 6.45) is 2.02. The highest BCUT2D eigenvalue weighted by atomic mass is 16.4. The lowest BCUT2D eigenvalue weighted by Crippen LogP contribution is -2.58. The Labute approximate surface area is 205 Å². The molecule has 1 heterocycles. The second-order valence-electron chi connectivity index (χ2n) is 7.88. The SMILES string of the molecule is NC(Cc1ccccc1)C(=O)NC(Cc1cnc[nH]1)C(=O)NC(CO)C(=O)NC(CC(=O)O)C(=O)O. The van der Waals surface area contributed by atoms with Crippen molar-refractivity contribution in [3.05, 3.63) is 54.1 Å². The molecule has 14 heteroatoms. The molecular formula is C22H28N6O8. The first-order valence-electron chi connectivity index (χ1n) is 10.8. The van der Waals surface area contributed by atoms with E-state index in [1.54, 1.807) is 24.3 Å². The fourth-order valence-electron chi connectivity index (χ4n) is 3.18. The molecule has 4 atom stereocenters. The Morgan fingerprint density at radius 2 is 1.50 bits per heavy atom. The van der Waals surface area contributed by atoms with Gasteiger partial charge in [-0.25, -0.2) is 9.78 Å². The van der Waals surface area contributed by atoms with E-state index < -0.39 is 66.9 Å². The highest BCUT2D eigenvalue weighted by Gasteiger charge is 2.31. The zero-order chi connectivity index (χ0) is 26.7. The van der Waals surface area contributed by atoms with Crippen LogP contribution in [0.5, 0.6) is 0 Å². The van der Waals surface area contributed by atoms with Crippen LogP contribution >= 0.6 is 0 Å². The molecular weight excluding hydrogens is 476 g/mol. The molecule has 0 saturated carbocycles. The first-order valence-corrected chi connectivity index (χ1v) is 10.8.